The SMILES string of the molecule is O=C(COc1ccc(F)cc1Cl)NCc1ccno1. The minimum absolute atomic E-state index is 0.114. The molecule has 0 bridgehead atoms. The maximum absolute atomic E-state index is 12.8. The largest absolute Gasteiger partial charge is 0.482 e. The van der Waals surface area contributed by atoms with E-state index in [9.17, 15) is 9.18 Å². The van der Waals surface area contributed by atoms with Crippen molar-refractivity contribution in [3.05, 3.63) is 47.1 Å². The monoisotopic (exact) mass is 284 g/mol. The Morgan fingerprint density at radius 2 is 2.32 bits per heavy atom. The number of benzene rings is 1. The van der Waals surface area contributed by atoms with Crippen LogP contribution in [-0.4, -0.2) is 17.7 Å². The lowest BCUT2D eigenvalue weighted by molar-refractivity contribution is -0.123. The minimum atomic E-state index is -0.466. The molecule has 100 valence electrons. The lowest BCUT2D eigenvalue weighted by Gasteiger charge is -2.07. The third-order valence-corrected chi connectivity index (χ3v) is 2.50. The van der Waals surface area contributed by atoms with Crippen LogP contribution in [0.25, 0.3) is 0 Å². The number of carbonyl (C=O) groups excluding carboxylic acids is 1. The summed E-state index contributed by atoms with van der Waals surface area (Å²) in [5.74, 6) is -0.0324. The Hall–Kier alpha value is -2.08. The van der Waals surface area contributed by atoms with Crippen molar-refractivity contribution in [3.8, 4) is 5.75 Å². The molecule has 0 saturated carbocycles. The van der Waals surface area contributed by atoms with Gasteiger partial charge in [0.1, 0.15) is 11.6 Å². The van der Waals surface area contributed by atoms with E-state index in [2.05, 4.69) is 10.5 Å². The predicted octanol–water partition coefficient (Wildman–Crippen LogP) is 2.16. The molecule has 0 aliphatic heterocycles. The van der Waals surface area contributed by atoms with Gasteiger partial charge in [0.2, 0.25) is 0 Å². The number of carbonyl (C=O) groups is 1. The van der Waals surface area contributed by atoms with Gasteiger partial charge in [0.25, 0.3) is 5.91 Å². The third-order valence-electron chi connectivity index (χ3n) is 2.20. The molecule has 1 heterocycles. The quantitative estimate of drug-likeness (QED) is 0.914. The number of nitrogens with zero attached hydrogens (tertiary/aromatic N) is 1. The van der Waals surface area contributed by atoms with Gasteiger partial charge in [0.05, 0.1) is 17.8 Å². The van der Waals surface area contributed by atoms with Crippen LogP contribution < -0.4 is 10.1 Å². The molecule has 0 radical (unpaired) electrons. The van der Waals surface area contributed by atoms with Gasteiger partial charge in [-0.3, -0.25) is 4.79 Å². The number of amides is 1. The Bertz CT molecular complexity index is 560. The summed E-state index contributed by atoms with van der Waals surface area (Å²) in [5.41, 5.74) is 0. The van der Waals surface area contributed by atoms with Crippen molar-refractivity contribution < 1.29 is 18.4 Å². The Kier molecular flexibility index (Phi) is 4.35. The Labute approximate surface area is 113 Å². The molecule has 2 rings (SSSR count). The standard InChI is InChI=1S/C12H10ClFN2O3/c13-10-5-8(14)1-2-11(10)18-7-12(17)15-6-9-3-4-16-19-9/h1-5H,6-7H2,(H,15,17). The molecule has 1 aromatic carbocycles. The summed E-state index contributed by atoms with van der Waals surface area (Å²) in [7, 11) is 0. The Balaban J connectivity index is 1.80. The van der Waals surface area contributed by atoms with Crippen molar-refractivity contribution in [2.75, 3.05) is 6.61 Å². The summed E-state index contributed by atoms with van der Waals surface area (Å²) in [5, 5.41) is 6.19. The van der Waals surface area contributed by atoms with E-state index in [1.165, 1.54) is 18.3 Å². The van der Waals surface area contributed by atoms with Crippen LogP contribution in [0, 0.1) is 5.82 Å². The van der Waals surface area contributed by atoms with Gasteiger partial charge < -0.3 is 14.6 Å². The summed E-state index contributed by atoms with van der Waals surface area (Å²) in [6.07, 6.45) is 1.48. The van der Waals surface area contributed by atoms with Crippen molar-refractivity contribution in [2.24, 2.45) is 0 Å². The second-order valence-electron chi connectivity index (χ2n) is 3.62. The normalized spacial score (nSPS) is 10.2. The second-order valence-corrected chi connectivity index (χ2v) is 4.03. The van der Waals surface area contributed by atoms with Crippen LogP contribution in [0.1, 0.15) is 5.76 Å². The van der Waals surface area contributed by atoms with Gasteiger partial charge >= 0.3 is 0 Å². The Morgan fingerprint density at radius 3 is 3.00 bits per heavy atom. The molecule has 0 unspecified atom stereocenters. The van der Waals surface area contributed by atoms with E-state index in [0.29, 0.717) is 5.76 Å². The second kappa shape index (κ2) is 6.19. The molecule has 1 amide bonds. The Morgan fingerprint density at radius 1 is 1.47 bits per heavy atom. The van der Waals surface area contributed by atoms with Crippen molar-refractivity contribution in [2.45, 2.75) is 6.54 Å². The van der Waals surface area contributed by atoms with Gasteiger partial charge in [-0.05, 0) is 18.2 Å². The molecule has 1 aromatic heterocycles. The summed E-state index contributed by atoms with van der Waals surface area (Å²) in [6, 6.07) is 5.32. The van der Waals surface area contributed by atoms with E-state index in [0.717, 1.165) is 6.07 Å². The van der Waals surface area contributed by atoms with Gasteiger partial charge in [-0.25, -0.2) is 4.39 Å². The molecule has 19 heavy (non-hydrogen) atoms. The molecule has 0 spiro atoms. The van der Waals surface area contributed by atoms with E-state index in [4.69, 9.17) is 20.9 Å². The highest BCUT2D eigenvalue weighted by atomic mass is 35.5. The molecule has 7 heteroatoms. The first-order chi connectivity index (χ1) is 9.15. The van der Waals surface area contributed by atoms with Crippen molar-refractivity contribution in [1.82, 2.24) is 10.5 Å². The van der Waals surface area contributed by atoms with E-state index >= 15 is 0 Å². The molecule has 0 atom stereocenters. The van der Waals surface area contributed by atoms with Gasteiger partial charge in [-0.15, -0.1) is 0 Å². The molecule has 0 saturated heterocycles. The molecular weight excluding hydrogens is 275 g/mol. The molecule has 5 nitrogen and oxygen atoms in total. The number of nitrogens with one attached hydrogen (secondary N) is 1. The maximum Gasteiger partial charge on any atom is 0.258 e. The number of hydrogen-bond donors (Lipinski definition) is 1. The average Bonchev–Trinajstić information content (AvgIpc) is 2.88. The van der Waals surface area contributed by atoms with Crippen LogP contribution in [0.2, 0.25) is 5.02 Å². The maximum atomic E-state index is 12.8. The zero-order valence-corrected chi connectivity index (χ0v) is 10.5. The number of halogens is 2. The summed E-state index contributed by atoms with van der Waals surface area (Å²) in [4.78, 5) is 11.5. The van der Waals surface area contributed by atoms with E-state index in [-0.39, 0.29) is 29.8 Å². The van der Waals surface area contributed by atoms with Gasteiger partial charge in [-0.1, -0.05) is 16.8 Å². The molecule has 0 aliphatic rings. The smallest absolute Gasteiger partial charge is 0.258 e. The number of ether oxygens (including phenoxy) is 1. The average molecular weight is 285 g/mol. The first-order valence-corrected chi connectivity index (χ1v) is 5.77. The molecule has 0 fully saturated rings. The predicted molar refractivity (Wildman–Crippen MR) is 65.3 cm³/mol. The van der Waals surface area contributed by atoms with Gasteiger partial charge in [-0.2, -0.15) is 0 Å². The molecule has 2 aromatic rings. The van der Waals surface area contributed by atoms with E-state index in [1.807, 2.05) is 0 Å². The third kappa shape index (κ3) is 3.96. The topological polar surface area (TPSA) is 64.4 Å². The van der Waals surface area contributed by atoms with Crippen molar-refractivity contribution in [3.63, 3.8) is 0 Å². The molecule has 0 aliphatic carbocycles. The van der Waals surface area contributed by atoms with Crippen LogP contribution in [0.4, 0.5) is 4.39 Å². The van der Waals surface area contributed by atoms with Crippen LogP contribution in [0.3, 0.4) is 0 Å². The summed E-state index contributed by atoms with van der Waals surface area (Å²) >= 11 is 5.75. The highest BCUT2D eigenvalue weighted by Gasteiger charge is 2.07. The van der Waals surface area contributed by atoms with Crippen LogP contribution in [0.15, 0.2) is 35.0 Å². The minimum Gasteiger partial charge on any atom is -0.482 e. The fraction of sp³-hybridized carbons (Fsp3) is 0.167. The highest BCUT2D eigenvalue weighted by Crippen LogP contribution is 2.24. The summed E-state index contributed by atoms with van der Waals surface area (Å²) < 4.78 is 22.8. The molecule has 1 N–H and O–H groups in total. The number of aromatic nitrogens is 1. The van der Waals surface area contributed by atoms with Gasteiger partial charge in [0, 0.05) is 6.07 Å². The van der Waals surface area contributed by atoms with E-state index in [1.54, 1.807) is 6.07 Å². The fourth-order valence-electron chi connectivity index (χ4n) is 1.31. The lowest BCUT2D eigenvalue weighted by Crippen LogP contribution is -2.28. The summed E-state index contributed by atoms with van der Waals surface area (Å²) in [6.45, 7) is -0.00116. The van der Waals surface area contributed by atoms with Crippen LogP contribution in [0.5, 0.6) is 5.75 Å². The van der Waals surface area contributed by atoms with Crippen LogP contribution >= 0.6 is 11.6 Å². The van der Waals surface area contributed by atoms with Gasteiger partial charge in [0.15, 0.2) is 12.4 Å². The first kappa shape index (κ1) is 13.4. The molecular formula is C12H10ClFN2O3. The van der Waals surface area contributed by atoms with Crippen LogP contribution in [-0.2, 0) is 11.3 Å². The van der Waals surface area contributed by atoms with E-state index < -0.39 is 5.82 Å². The zero-order chi connectivity index (χ0) is 13.7. The highest BCUT2D eigenvalue weighted by molar-refractivity contribution is 6.32. The van der Waals surface area contributed by atoms with Crippen molar-refractivity contribution >= 4 is 17.5 Å². The lowest BCUT2D eigenvalue weighted by atomic mass is 10.3. The zero-order valence-electron chi connectivity index (χ0n) is 9.73. The number of hydrogen-bond acceptors (Lipinski definition) is 4. The first-order valence-electron chi connectivity index (χ1n) is 5.39. The fourth-order valence-corrected chi connectivity index (χ4v) is 1.53. The van der Waals surface area contributed by atoms with Crippen molar-refractivity contribution in [1.29, 1.82) is 0 Å². The number of rotatable bonds is 5.